The number of nitrogens with one attached hydrogen (secondary N) is 1. The minimum Gasteiger partial charge on any atom is -0.391 e. The summed E-state index contributed by atoms with van der Waals surface area (Å²) < 4.78 is 32.6. The molecule has 2 unspecified atom stereocenters. The van der Waals surface area contributed by atoms with Gasteiger partial charge in [0.05, 0.1) is 17.9 Å². The van der Waals surface area contributed by atoms with E-state index in [2.05, 4.69) is 31.3 Å². The number of hydrogen-bond acceptors (Lipinski definition) is 4. The van der Waals surface area contributed by atoms with Crippen molar-refractivity contribution in [2.45, 2.75) is 257 Å². The number of allylic oxidation sites excluding steroid dienone is 2. The quantitative estimate of drug-likeness (QED) is 0.0329. The zero-order valence-corrected chi connectivity index (χ0v) is 34.8. The molecule has 3 N–H and O–H groups in total. The summed E-state index contributed by atoms with van der Waals surface area (Å²) in [5, 5.41) is 13.4. The van der Waals surface area contributed by atoms with Crippen LogP contribution in [0.5, 0.6) is 0 Å². The fourth-order valence-corrected chi connectivity index (χ4v) is 7.86. The Morgan fingerprint density at radius 3 is 1.18 bits per heavy atom. The van der Waals surface area contributed by atoms with Gasteiger partial charge in [0, 0.05) is 6.42 Å². The highest BCUT2D eigenvalue weighted by Gasteiger charge is 2.26. The molecule has 0 aromatic rings. The molecule has 0 fully saturated rings. The van der Waals surface area contributed by atoms with Crippen molar-refractivity contribution in [2.75, 3.05) is 5.75 Å². The van der Waals surface area contributed by atoms with E-state index in [9.17, 15) is 22.9 Å². The Kier molecular flexibility index (Phi) is 38.1. The van der Waals surface area contributed by atoms with Crippen LogP contribution in [-0.2, 0) is 14.9 Å². The van der Waals surface area contributed by atoms with Crippen LogP contribution in [0, 0.1) is 0 Å². The first-order valence-electron chi connectivity index (χ1n) is 22.4. The summed E-state index contributed by atoms with van der Waals surface area (Å²) >= 11 is 0. The maximum Gasteiger partial charge on any atom is 0.266 e. The maximum absolute atomic E-state index is 12.5. The van der Waals surface area contributed by atoms with Gasteiger partial charge in [-0.3, -0.25) is 9.35 Å². The molecule has 7 heteroatoms. The van der Waals surface area contributed by atoms with Crippen LogP contribution in [0.2, 0.25) is 0 Å². The van der Waals surface area contributed by atoms with Crippen molar-refractivity contribution >= 4 is 16.0 Å². The monoisotopic (exact) mass is 742 g/mol. The van der Waals surface area contributed by atoms with Crippen LogP contribution in [0.3, 0.4) is 0 Å². The van der Waals surface area contributed by atoms with Crippen molar-refractivity contribution in [2.24, 2.45) is 0 Å². The Balaban J connectivity index is 3.80. The number of hydrogen-bond donors (Lipinski definition) is 3. The Morgan fingerprint density at radius 1 is 0.510 bits per heavy atom. The fourth-order valence-electron chi connectivity index (χ4n) is 7.10. The predicted molar refractivity (Wildman–Crippen MR) is 221 cm³/mol. The van der Waals surface area contributed by atoms with Crippen LogP contribution in [0.25, 0.3) is 0 Å². The summed E-state index contributed by atoms with van der Waals surface area (Å²) in [6, 6.07) is -0.972. The highest BCUT2D eigenvalue weighted by atomic mass is 32.2. The van der Waals surface area contributed by atoms with Gasteiger partial charge in [0.2, 0.25) is 5.91 Å². The average molecular weight is 742 g/mol. The minimum absolute atomic E-state index is 0.250. The van der Waals surface area contributed by atoms with Gasteiger partial charge in [0.15, 0.2) is 0 Å². The summed E-state index contributed by atoms with van der Waals surface area (Å²) in [4.78, 5) is 12.5. The van der Waals surface area contributed by atoms with Crippen molar-refractivity contribution in [3.05, 3.63) is 12.2 Å². The summed E-state index contributed by atoms with van der Waals surface area (Å²) in [6.45, 7) is 4.54. The highest BCUT2D eigenvalue weighted by Crippen LogP contribution is 2.17. The molecule has 1 amide bonds. The Morgan fingerprint density at radius 2 is 0.824 bits per heavy atom. The average Bonchev–Trinajstić information content (AvgIpc) is 3.09. The second kappa shape index (κ2) is 38.8. The van der Waals surface area contributed by atoms with Gasteiger partial charge >= 0.3 is 0 Å². The van der Waals surface area contributed by atoms with Gasteiger partial charge < -0.3 is 10.4 Å². The van der Waals surface area contributed by atoms with Gasteiger partial charge in [-0.05, 0) is 38.5 Å². The van der Waals surface area contributed by atoms with Gasteiger partial charge in [-0.2, -0.15) is 8.42 Å². The lowest BCUT2D eigenvalue weighted by Gasteiger charge is -2.23. The Hall–Kier alpha value is -0.920. The van der Waals surface area contributed by atoms with Crippen LogP contribution < -0.4 is 5.32 Å². The molecule has 0 aliphatic heterocycles. The van der Waals surface area contributed by atoms with E-state index in [1.54, 1.807) is 0 Å². The topological polar surface area (TPSA) is 104 Å². The number of carbonyl (C=O) groups excluding carboxylic acids is 1. The van der Waals surface area contributed by atoms with E-state index >= 15 is 0 Å². The summed E-state index contributed by atoms with van der Waals surface area (Å²) in [5.41, 5.74) is 0. The SMILES string of the molecule is CCCCCCCCC/C=C\CCCCCCCC(=O)NC(CS(=O)(=O)O)C(O)CCCCCCCCCCCCCCCCCCCCCC. The number of carbonyl (C=O) groups is 1. The maximum atomic E-state index is 12.5. The molecule has 0 bridgehead atoms. The Labute approximate surface area is 318 Å². The van der Waals surface area contributed by atoms with E-state index in [0.29, 0.717) is 12.8 Å². The standard InChI is InChI=1S/C44H87NO5S/c1-3-5-7-9-11-13-15-17-19-21-22-23-24-25-27-29-31-33-35-37-39-43(46)42(41-51(48,49)50)45-44(47)40-38-36-34-32-30-28-26-20-18-16-14-12-10-8-6-4-2/h20,26,42-43,46H,3-19,21-25,27-41H2,1-2H3,(H,45,47)(H,48,49,50)/b26-20-. The number of unbranched alkanes of at least 4 members (excludes halogenated alkanes) is 31. The Bertz CT molecular complexity index is 862. The molecule has 0 spiro atoms. The first-order valence-corrected chi connectivity index (χ1v) is 24.0. The summed E-state index contributed by atoms with van der Waals surface area (Å²) in [5.74, 6) is -0.898. The summed E-state index contributed by atoms with van der Waals surface area (Å²) in [6.07, 6.45) is 47.4. The zero-order chi connectivity index (χ0) is 37.5. The van der Waals surface area contributed by atoms with Crippen LogP contribution in [0.1, 0.15) is 245 Å². The first-order chi connectivity index (χ1) is 24.8. The van der Waals surface area contributed by atoms with Crippen LogP contribution in [0.15, 0.2) is 12.2 Å². The summed E-state index contributed by atoms with van der Waals surface area (Å²) in [7, 11) is -4.31. The number of rotatable bonds is 41. The van der Waals surface area contributed by atoms with Gasteiger partial charge in [-0.15, -0.1) is 0 Å². The zero-order valence-electron chi connectivity index (χ0n) is 34.0. The molecule has 0 aliphatic rings. The number of amides is 1. The van der Waals surface area contributed by atoms with E-state index in [-0.39, 0.29) is 5.91 Å². The van der Waals surface area contributed by atoms with Gasteiger partial charge in [0.1, 0.15) is 0 Å². The van der Waals surface area contributed by atoms with Crippen molar-refractivity contribution in [3.8, 4) is 0 Å². The molecule has 51 heavy (non-hydrogen) atoms. The molecule has 6 nitrogen and oxygen atoms in total. The van der Waals surface area contributed by atoms with E-state index in [1.165, 1.54) is 167 Å². The fraction of sp³-hybridized carbons (Fsp3) is 0.932. The van der Waals surface area contributed by atoms with E-state index in [0.717, 1.165) is 51.4 Å². The molecular weight excluding hydrogens is 655 g/mol. The molecule has 2 atom stereocenters. The lowest BCUT2D eigenvalue weighted by Crippen LogP contribution is -2.47. The van der Waals surface area contributed by atoms with Gasteiger partial charge in [0.25, 0.3) is 10.1 Å². The van der Waals surface area contributed by atoms with Gasteiger partial charge in [-0.25, -0.2) is 0 Å². The second-order valence-corrected chi connectivity index (χ2v) is 17.2. The largest absolute Gasteiger partial charge is 0.391 e. The molecule has 0 heterocycles. The van der Waals surface area contributed by atoms with Crippen molar-refractivity contribution in [3.63, 3.8) is 0 Å². The number of aliphatic hydroxyl groups excluding tert-OH is 1. The highest BCUT2D eigenvalue weighted by molar-refractivity contribution is 7.85. The van der Waals surface area contributed by atoms with Gasteiger partial charge in [-0.1, -0.05) is 212 Å². The second-order valence-electron chi connectivity index (χ2n) is 15.7. The molecule has 0 aromatic heterocycles. The molecule has 0 saturated heterocycles. The van der Waals surface area contributed by atoms with Crippen LogP contribution in [0.4, 0.5) is 0 Å². The van der Waals surface area contributed by atoms with E-state index in [1.807, 2.05) is 0 Å². The molecule has 304 valence electrons. The number of aliphatic hydroxyl groups is 1. The molecule has 0 aromatic carbocycles. The molecule has 0 aliphatic carbocycles. The van der Waals surface area contributed by atoms with Crippen molar-refractivity contribution < 1.29 is 22.9 Å². The van der Waals surface area contributed by atoms with Crippen molar-refractivity contribution in [1.29, 1.82) is 0 Å². The van der Waals surface area contributed by atoms with Crippen LogP contribution in [-0.4, -0.2) is 41.9 Å². The minimum atomic E-state index is -4.31. The lowest BCUT2D eigenvalue weighted by molar-refractivity contribution is -0.122. The third kappa shape index (κ3) is 40.1. The third-order valence-corrected chi connectivity index (χ3v) is 11.3. The smallest absolute Gasteiger partial charge is 0.266 e. The third-order valence-electron chi connectivity index (χ3n) is 10.5. The molecule has 0 saturated carbocycles. The normalized spacial score (nSPS) is 13.3. The van der Waals surface area contributed by atoms with E-state index < -0.39 is 28.0 Å². The van der Waals surface area contributed by atoms with Crippen molar-refractivity contribution in [1.82, 2.24) is 5.32 Å². The lowest BCUT2D eigenvalue weighted by atomic mass is 10.0. The first kappa shape index (κ1) is 50.1. The molecule has 0 radical (unpaired) electrons. The van der Waals surface area contributed by atoms with E-state index in [4.69, 9.17) is 0 Å². The van der Waals surface area contributed by atoms with Crippen LogP contribution >= 0.6 is 0 Å². The molecular formula is C44H87NO5S. The predicted octanol–water partition coefficient (Wildman–Crippen LogP) is 13.4. The molecule has 0 rings (SSSR count).